The van der Waals surface area contributed by atoms with Crippen molar-refractivity contribution >= 4 is 27.7 Å². The summed E-state index contributed by atoms with van der Waals surface area (Å²) >= 11 is 3.48. The van der Waals surface area contributed by atoms with Crippen molar-refractivity contribution in [3.8, 4) is 11.5 Å². The third-order valence-corrected chi connectivity index (χ3v) is 5.67. The van der Waals surface area contributed by atoms with Gasteiger partial charge in [-0.15, -0.1) is 0 Å². The summed E-state index contributed by atoms with van der Waals surface area (Å²) in [4.78, 5) is 27.9. The highest BCUT2D eigenvalue weighted by atomic mass is 79.9. The number of methoxy groups -OCH3 is 1. The number of ether oxygens (including phenoxy) is 2. The summed E-state index contributed by atoms with van der Waals surface area (Å²) in [5, 5.41) is 2.71. The maximum absolute atomic E-state index is 13.4. The summed E-state index contributed by atoms with van der Waals surface area (Å²) in [6.07, 6.45) is 0.384. The van der Waals surface area contributed by atoms with Gasteiger partial charge in [0.1, 0.15) is 6.04 Å². The number of halogens is 1. The average Bonchev–Trinajstić information content (AvgIpc) is 2.85. The predicted molar refractivity (Wildman–Crippen MR) is 131 cm³/mol. The molecule has 0 heterocycles. The quantitative estimate of drug-likeness (QED) is 0.443. The van der Waals surface area contributed by atoms with Crippen molar-refractivity contribution in [2.75, 3.05) is 20.8 Å². The highest BCUT2D eigenvalue weighted by molar-refractivity contribution is 9.10. The summed E-state index contributed by atoms with van der Waals surface area (Å²) in [5.74, 6) is 0.469. The van der Waals surface area contributed by atoms with Gasteiger partial charge in [0, 0.05) is 24.5 Å². The predicted octanol–water partition coefficient (Wildman–Crippen LogP) is 4.22. The van der Waals surface area contributed by atoms with Crippen LogP contribution in [-0.2, 0) is 22.6 Å². The summed E-state index contributed by atoms with van der Waals surface area (Å²) in [7, 11) is 3.12. The molecule has 0 saturated heterocycles. The van der Waals surface area contributed by atoms with Crippen molar-refractivity contribution in [3.05, 3.63) is 94.5 Å². The molecule has 0 fully saturated rings. The lowest BCUT2D eigenvalue weighted by atomic mass is 10.0. The van der Waals surface area contributed by atoms with Crippen LogP contribution in [0.5, 0.6) is 11.5 Å². The van der Waals surface area contributed by atoms with Crippen molar-refractivity contribution in [2.45, 2.75) is 19.0 Å². The monoisotopic (exact) mass is 510 g/mol. The van der Waals surface area contributed by atoms with Crippen LogP contribution in [0.4, 0.5) is 0 Å². The second-order valence-corrected chi connectivity index (χ2v) is 8.33. The molecule has 0 unspecified atom stereocenters. The van der Waals surface area contributed by atoms with Gasteiger partial charge in [-0.05, 0) is 35.4 Å². The van der Waals surface area contributed by atoms with E-state index in [9.17, 15) is 9.59 Å². The number of likely N-dealkylation sites (N-methyl/N-ethyl adjacent to an activating group) is 1. The molecule has 7 heteroatoms. The summed E-state index contributed by atoms with van der Waals surface area (Å²) in [6.45, 7) is 0.0368. The van der Waals surface area contributed by atoms with E-state index in [4.69, 9.17) is 9.47 Å². The van der Waals surface area contributed by atoms with Crippen molar-refractivity contribution in [3.63, 3.8) is 0 Å². The second kappa shape index (κ2) is 12.1. The third kappa shape index (κ3) is 6.83. The lowest BCUT2D eigenvalue weighted by Crippen LogP contribution is -2.51. The van der Waals surface area contributed by atoms with Gasteiger partial charge in [0.2, 0.25) is 5.91 Å². The molecule has 33 heavy (non-hydrogen) atoms. The van der Waals surface area contributed by atoms with E-state index in [0.717, 1.165) is 15.6 Å². The number of nitrogens with one attached hydrogen (secondary N) is 1. The fraction of sp³-hybridized carbons (Fsp3) is 0.231. The highest BCUT2D eigenvalue weighted by Crippen LogP contribution is 2.26. The van der Waals surface area contributed by atoms with E-state index in [-0.39, 0.29) is 25.0 Å². The van der Waals surface area contributed by atoms with Crippen LogP contribution in [0.3, 0.4) is 0 Å². The third-order valence-electron chi connectivity index (χ3n) is 5.18. The second-order valence-electron chi connectivity index (χ2n) is 7.41. The maximum atomic E-state index is 13.4. The Labute approximate surface area is 202 Å². The summed E-state index contributed by atoms with van der Waals surface area (Å²) < 4.78 is 12.0. The van der Waals surface area contributed by atoms with E-state index in [1.807, 2.05) is 66.7 Å². The molecule has 172 valence electrons. The normalized spacial score (nSPS) is 11.4. The molecule has 0 radical (unpaired) electrons. The minimum absolute atomic E-state index is 0.226. The molecule has 2 amide bonds. The van der Waals surface area contributed by atoms with E-state index in [2.05, 4.69) is 21.2 Å². The smallest absolute Gasteiger partial charge is 0.261 e. The molecule has 0 aliphatic heterocycles. The zero-order valence-electron chi connectivity index (χ0n) is 18.7. The van der Waals surface area contributed by atoms with Gasteiger partial charge in [-0.3, -0.25) is 9.59 Å². The molecule has 0 spiro atoms. The largest absolute Gasteiger partial charge is 0.493 e. The molecule has 0 aliphatic carbocycles. The van der Waals surface area contributed by atoms with Crippen molar-refractivity contribution in [1.29, 1.82) is 0 Å². The minimum Gasteiger partial charge on any atom is -0.493 e. The Hall–Kier alpha value is -3.32. The summed E-state index contributed by atoms with van der Waals surface area (Å²) in [5.41, 5.74) is 1.86. The molecule has 3 rings (SSSR count). The molecule has 6 nitrogen and oxygen atoms in total. The van der Waals surface area contributed by atoms with E-state index < -0.39 is 6.04 Å². The first-order chi connectivity index (χ1) is 16.0. The van der Waals surface area contributed by atoms with E-state index in [1.54, 1.807) is 31.2 Å². The van der Waals surface area contributed by atoms with Crippen molar-refractivity contribution in [2.24, 2.45) is 0 Å². The van der Waals surface area contributed by atoms with Crippen LogP contribution in [0.1, 0.15) is 11.1 Å². The fourth-order valence-corrected chi connectivity index (χ4v) is 3.96. The number of hydrogen-bond acceptors (Lipinski definition) is 4. The zero-order chi connectivity index (χ0) is 23.6. The number of nitrogens with zero attached hydrogens (tertiary/aromatic N) is 1. The molecule has 1 N–H and O–H groups in total. The Kier molecular flexibility index (Phi) is 8.89. The van der Waals surface area contributed by atoms with Gasteiger partial charge in [-0.25, -0.2) is 0 Å². The van der Waals surface area contributed by atoms with Crippen LogP contribution in [-0.4, -0.2) is 43.5 Å². The fourth-order valence-electron chi connectivity index (χ4n) is 3.51. The number of benzene rings is 3. The number of hydrogen-bond donors (Lipinski definition) is 1. The standard InChI is InChI=1S/C26H27BrN2O4/c1-28-26(31)22(16-19-9-4-3-5-10-19)29(17-20-11-8-12-21(27)15-20)25(30)18-33-24-14-7-6-13-23(24)32-2/h3-15,22H,16-18H2,1-2H3,(H,28,31)/t22-/m0/s1. The number of amides is 2. The first-order valence-corrected chi connectivity index (χ1v) is 11.4. The number of carbonyl (C=O) groups is 2. The molecule has 0 saturated carbocycles. The lowest BCUT2D eigenvalue weighted by molar-refractivity contribution is -0.142. The molecule has 0 aliphatic rings. The summed E-state index contributed by atoms with van der Waals surface area (Å²) in [6, 6.07) is 23.8. The van der Waals surface area contributed by atoms with Crippen LogP contribution in [0.2, 0.25) is 0 Å². The Morgan fingerprint density at radius 3 is 2.27 bits per heavy atom. The first-order valence-electron chi connectivity index (χ1n) is 10.6. The Bertz CT molecular complexity index is 1070. The van der Waals surface area contributed by atoms with Gasteiger partial charge in [-0.1, -0.05) is 70.5 Å². The lowest BCUT2D eigenvalue weighted by Gasteiger charge is -2.31. The van der Waals surface area contributed by atoms with Gasteiger partial charge >= 0.3 is 0 Å². The molecule has 0 aromatic heterocycles. The highest BCUT2D eigenvalue weighted by Gasteiger charge is 2.30. The first kappa shape index (κ1) is 24.3. The Balaban J connectivity index is 1.88. The molecule has 1 atom stereocenters. The average molecular weight is 511 g/mol. The Morgan fingerprint density at radius 2 is 1.61 bits per heavy atom. The number of carbonyl (C=O) groups excluding carboxylic acids is 2. The van der Waals surface area contributed by atoms with Crippen molar-refractivity contribution in [1.82, 2.24) is 10.2 Å². The van der Waals surface area contributed by atoms with Crippen LogP contribution < -0.4 is 14.8 Å². The van der Waals surface area contributed by atoms with Crippen LogP contribution >= 0.6 is 15.9 Å². The van der Waals surface area contributed by atoms with E-state index in [1.165, 1.54) is 0 Å². The van der Waals surface area contributed by atoms with Crippen LogP contribution in [0.15, 0.2) is 83.3 Å². The number of para-hydroxylation sites is 2. The minimum atomic E-state index is -0.704. The Morgan fingerprint density at radius 1 is 0.939 bits per heavy atom. The topological polar surface area (TPSA) is 67.9 Å². The number of rotatable bonds is 10. The van der Waals surface area contributed by atoms with E-state index >= 15 is 0 Å². The maximum Gasteiger partial charge on any atom is 0.261 e. The molecular weight excluding hydrogens is 484 g/mol. The zero-order valence-corrected chi connectivity index (χ0v) is 20.2. The molecule has 0 bridgehead atoms. The molecule has 3 aromatic rings. The molecular formula is C26H27BrN2O4. The van der Waals surface area contributed by atoms with E-state index in [0.29, 0.717) is 17.9 Å². The van der Waals surface area contributed by atoms with Gasteiger partial charge < -0.3 is 19.7 Å². The van der Waals surface area contributed by atoms with Gasteiger partial charge in [0.05, 0.1) is 7.11 Å². The van der Waals surface area contributed by atoms with Crippen molar-refractivity contribution < 1.29 is 19.1 Å². The van der Waals surface area contributed by atoms with Gasteiger partial charge in [0.15, 0.2) is 18.1 Å². The van der Waals surface area contributed by atoms with Crippen LogP contribution in [0.25, 0.3) is 0 Å². The van der Waals surface area contributed by atoms with Gasteiger partial charge in [-0.2, -0.15) is 0 Å². The van der Waals surface area contributed by atoms with Gasteiger partial charge in [0.25, 0.3) is 5.91 Å². The van der Waals surface area contributed by atoms with Crippen LogP contribution in [0, 0.1) is 0 Å². The SMILES string of the molecule is CNC(=O)[C@H](Cc1ccccc1)N(Cc1cccc(Br)c1)C(=O)COc1ccccc1OC. The molecule has 3 aromatic carbocycles.